The van der Waals surface area contributed by atoms with Crippen LogP contribution in [-0.2, 0) is 9.84 Å². The summed E-state index contributed by atoms with van der Waals surface area (Å²) >= 11 is 0. The fourth-order valence-electron chi connectivity index (χ4n) is 1.61. The van der Waals surface area contributed by atoms with Gasteiger partial charge in [-0.1, -0.05) is 26.7 Å². The predicted octanol–water partition coefficient (Wildman–Crippen LogP) is 2.48. The van der Waals surface area contributed by atoms with E-state index in [-0.39, 0.29) is 11.7 Å². The summed E-state index contributed by atoms with van der Waals surface area (Å²) in [6, 6.07) is 6.40. The lowest BCUT2D eigenvalue weighted by atomic mass is 10.1. The SMILES string of the molecule is CCC(CC)CS(=O)(=O)c1ccc(N)cc1. The highest BCUT2D eigenvalue weighted by Crippen LogP contribution is 2.19. The molecule has 90 valence electrons. The van der Waals surface area contributed by atoms with Crippen molar-refractivity contribution in [3.63, 3.8) is 0 Å². The van der Waals surface area contributed by atoms with Gasteiger partial charge >= 0.3 is 0 Å². The molecular weight excluding hydrogens is 222 g/mol. The van der Waals surface area contributed by atoms with Gasteiger partial charge in [-0.3, -0.25) is 0 Å². The zero-order valence-corrected chi connectivity index (χ0v) is 10.6. The lowest BCUT2D eigenvalue weighted by Gasteiger charge is -2.12. The summed E-state index contributed by atoms with van der Waals surface area (Å²) in [4.78, 5) is 0.369. The third kappa shape index (κ3) is 3.23. The number of hydrogen-bond acceptors (Lipinski definition) is 3. The van der Waals surface area contributed by atoms with Crippen LogP contribution in [0.5, 0.6) is 0 Å². The second kappa shape index (κ2) is 5.34. The van der Waals surface area contributed by atoms with Crippen LogP contribution in [0.25, 0.3) is 0 Å². The highest BCUT2D eigenvalue weighted by Gasteiger charge is 2.18. The molecule has 0 radical (unpaired) electrons. The number of rotatable bonds is 5. The molecule has 4 heteroatoms. The number of nitrogens with two attached hydrogens (primary N) is 1. The molecule has 0 spiro atoms. The van der Waals surface area contributed by atoms with Gasteiger partial charge in [0.2, 0.25) is 0 Å². The smallest absolute Gasteiger partial charge is 0.178 e. The van der Waals surface area contributed by atoms with Crippen molar-refractivity contribution in [3.8, 4) is 0 Å². The predicted molar refractivity (Wildman–Crippen MR) is 67.0 cm³/mol. The van der Waals surface area contributed by atoms with Crippen LogP contribution in [0.4, 0.5) is 5.69 Å². The monoisotopic (exact) mass is 241 g/mol. The van der Waals surface area contributed by atoms with Crippen molar-refractivity contribution in [2.24, 2.45) is 5.92 Å². The Hall–Kier alpha value is -1.03. The van der Waals surface area contributed by atoms with Gasteiger partial charge in [0, 0.05) is 5.69 Å². The molecule has 0 amide bonds. The number of anilines is 1. The Balaban J connectivity index is 2.89. The highest BCUT2D eigenvalue weighted by atomic mass is 32.2. The molecule has 0 atom stereocenters. The molecule has 3 nitrogen and oxygen atoms in total. The van der Waals surface area contributed by atoms with E-state index in [2.05, 4.69) is 0 Å². The minimum Gasteiger partial charge on any atom is -0.399 e. The van der Waals surface area contributed by atoms with Gasteiger partial charge in [-0.2, -0.15) is 0 Å². The van der Waals surface area contributed by atoms with E-state index in [4.69, 9.17) is 5.73 Å². The second-order valence-corrected chi connectivity index (χ2v) is 6.07. The molecule has 0 fully saturated rings. The molecule has 0 aliphatic carbocycles. The van der Waals surface area contributed by atoms with Gasteiger partial charge < -0.3 is 5.73 Å². The zero-order chi connectivity index (χ0) is 12.2. The molecule has 0 bridgehead atoms. The van der Waals surface area contributed by atoms with Crippen LogP contribution in [0, 0.1) is 5.92 Å². The second-order valence-electron chi connectivity index (χ2n) is 4.03. The molecule has 0 unspecified atom stereocenters. The van der Waals surface area contributed by atoms with Crippen molar-refractivity contribution in [1.82, 2.24) is 0 Å². The Morgan fingerprint density at radius 2 is 1.62 bits per heavy atom. The van der Waals surface area contributed by atoms with Crippen LogP contribution in [0.2, 0.25) is 0 Å². The van der Waals surface area contributed by atoms with Gasteiger partial charge in [0.25, 0.3) is 0 Å². The molecule has 1 rings (SSSR count). The van der Waals surface area contributed by atoms with Gasteiger partial charge in [0.1, 0.15) is 0 Å². The zero-order valence-electron chi connectivity index (χ0n) is 9.81. The van der Waals surface area contributed by atoms with Crippen LogP contribution in [0.1, 0.15) is 26.7 Å². The quantitative estimate of drug-likeness (QED) is 0.806. The summed E-state index contributed by atoms with van der Waals surface area (Å²) in [5.41, 5.74) is 6.11. The summed E-state index contributed by atoms with van der Waals surface area (Å²) in [6.45, 7) is 4.04. The lowest BCUT2D eigenvalue weighted by Crippen LogP contribution is -2.15. The van der Waals surface area contributed by atoms with Crippen molar-refractivity contribution < 1.29 is 8.42 Å². The van der Waals surface area contributed by atoms with E-state index in [1.807, 2.05) is 13.8 Å². The maximum Gasteiger partial charge on any atom is 0.178 e. The largest absolute Gasteiger partial charge is 0.399 e. The normalized spacial score (nSPS) is 11.9. The molecule has 0 saturated carbocycles. The van der Waals surface area contributed by atoms with E-state index < -0.39 is 9.84 Å². The number of benzene rings is 1. The van der Waals surface area contributed by atoms with Crippen LogP contribution in [0.15, 0.2) is 29.2 Å². The van der Waals surface area contributed by atoms with Gasteiger partial charge in [-0.15, -0.1) is 0 Å². The summed E-state index contributed by atoms with van der Waals surface area (Å²) in [5.74, 6) is 0.465. The number of hydrogen-bond donors (Lipinski definition) is 1. The molecule has 0 aliphatic rings. The van der Waals surface area contributed by atoms with E-state index in [0.717, 1.165) is 12.8 Å². The van der Waals surface area contributed by atoms with Crippen LogP contribution < -0.4 is 5.73 Å². The van der Waals surface area contributed by atoms with Gasteiger partial charge in [-0.05, 0) is 30.2 Å². The third-order valence-electron chi connectivity index (χ3n) is 2.85. The average Bonchev–Trinajstić information content (AvgIpc) is 2.26. The molecule has 1 aromatic rings. The first-order valence-corrected chi connectivity index (χ1v) is 7.23. The minimum atomic E-state index is -3.16. The fourth-order valence-corrected chi connectivity index (χ4v) is 3.44. The Kier molecular flexibility index (Phi) is 4.35. The topological polar surface area (TPSA) is 60.2 Å². The Labute approximate surface area is 97.6 Å². The molecule has 0 heterocycles. The lowest BCUT2D eigenvalue weighted by molar-refractivity contribution is 0.523. The first-order chi connectivity index (χ1) is 7.49. The van der Waals surface area contributed by atoms with Gasteiger partial charge in [0.15, 0.2) is 9.84 Å². The van der Waals surface area contributed by atoms with Crippen molar-refractivity contribution in [2.75, 3.05) is 11.5 Å². The third-order valence-corrected chi connectivity index (χ3v) is 4.75. The summed E-state index contributed by atoms with van der Waals surface area (Å²) < 4.78 is 24.1. The summed E-state index contributed by atoms with van der Waals surface area (Å²) in [5, 5.41) is 0. The molecule has 0 saturated heterocycles. The maximum atomic E-state index is 12.0. The molecular formula is C12H19NO2S. The van der Waals surface area contributed by atoms with Crippen LogP contribution in [0.3, 0.4) is 0 Å². The van der Waals surface area contributed by atoms with Crippen LogP contribution in [-0.4, -0.2) is 14.2 Å². The van der Waals surface area contributed by atoms with Gasteiger partial charge in [-0.25, -0.2) is 8.42 Å². The minimum absolute atomic E-state index is 0.226. The standard InChI is InChI=1S/C12H19NO2S/c1-3-10(4-2)9-16(14,15)12-7-5-11(13)6-8-12/h5-8,10H,3-4,9,13H2,1-2H3. The van der Waals surface area contributed by atoms with E-state index in [1.54, 1.807) is 24.3 Å². The van der Waals surface area contributed by atoms with Gasteiger partial charge in [0.05, 0.1) is 10.6 Å². The summed E-state index contributed by atoms with van der Waals surface area (Å²) in [6.07, 6.45) is 1.79. The highest BCUT2D eigenvalue weighted by molar-refractivity contribution is 7.91. The maximum absolute atomic E-state index is 12.0. The Bertz CT molecular complexity index is 419. The van der Waals surface area contributed by atoms with Crippen molar-refractivity contribution in [2.45, 2.75) is 31.6 Å². The van der Waals surface area contributed by atoms with E-state index in [9.17, 15) is 8.42 Å². The molecule has 1 aromatic carbocycles. The van der Waals surface area contributed by atoms with Crippen molar-refractivity contribution in [1.29, 1.82) is 0 Å². The fraction of sp³-hybridized carbons (Fsp3) is 0.500. The van der Waals surface area contributed by atoms with E-state index >= 15 is 0 Å². The van der Waals surface area contributed by atoms with E-state index in [0.29, 0.717) is 10.6 Å². The molecule has 0 aliphatic heterocycles. The average molecular weight is 241 g/mol. The molecule has 16 heavy (non-hydrogen) atoms. The first-order valence-electron chi connectivity index (χ1n) is 5.58. The molecule has 2 N–H and O–H groups in total. The van der Waals surface area contributed by atoms with Crippen molar-refractivity contribution in [3.05, 3.63) is 24.3 Å². The van der Waals surface area contributed by atoms with E-state index in [1.165, 1.54) is 0 Å². The summed E-state index contributed by atoms with van der Waals surface area (Å²) in [7, 11) is -3.16. The molecule has 0 aromatic heterocycles. The van der Waals surface area contributed by atoms with Crippen LogP contribution >= 0.6 is 0 Å². The Morgan fingerprint density at radius 1 is 1.12 bits per heavy atom. The number of nitrogen functional groups attached to an aromatic ring is 1. The number of sulfone groups is 1. The first kappa shape index (κ1) is 13.0. The Morgan fingerprint density at radius 3 is 2.06 bits per heavy atom. The van der Waals surface area contributed by atoms with Crippen molar-refractivity contribution >= 4 is 15.5 Å².